The summed E-state index contributed by atoms with van der Waals surface area (Å²) in [6, 6.07) is 10.3. The van der Waals surface area contributed by atoms with Crippen molar-refractivity contribution in [1.82, 2.24) is 0 Å². The number of rotatable bonds is 4. The molecule has 0 aliphatic heterocycles. The highest BCUT2D eigenvalue weighted by Gasteiger charge is 2.10. The van der Waals surface area contributed by atoms with Crippen molar-refractivity contribution >= 4 is 23.7 Å². The summed E-state index contributed by atoms with van der Waals surface area (Å²) in [5.41, 5.74) is 1.98. The van der Waals surface area contributed by atoms with Crippen molar-refractivity contribution in [1.29, 1.82) is 0 Å². The van der Waals surface area contributed by atoms with E-state index < -0.39 is 11.9 Å². The lowest BCUT2D eigenvalue weighted by Crippen LogP contribution is -1.99. The fourth-order valence-corrected chi connectivity index (χ4v) is 3.03. The summed E-state index contributed by atoms with van der Waals surface area (Å²) in [6.45, 7) is 3.51. The van der Waals surface area contributed by atoms with Gasteiger partial charge in [-0.05, 0) is 61.4 Å². The Morgan fingerprint density at radius 3 is 1.48 bits per heavy atom. The van der Waals surface area contributed by atoms with E-state index in [1.165, 1.54) is 11.8 Å². The van der Waals surface area contributed by atoms with Crippen molar-refractivity contribution in [2.75, 3.05) is 0 Å². The standard InChI is InChI=1S/C16H14O4S/c1-9-7-11(3-5-13(9)15(17)18)21-12-4-6-14(16(19)20)10(2)8-12/h3-8H,1-2H3,(H,17,18)(H,19,20). The Labute approximate surface area is 126 Å². The molecule has 108 valence electrons. The first-order valence-electron chi connectivity index (χ1n) is 6.24. The Balaban J connectivity index is 2.26. The molecule has 0 atom stereocenters. The van der Waals surface area contributed by atoms with Crippen molar-refractivity contribution in [2.45, 2.75) is 23.6 Å². The molecule has 0 aromatic heterocycles. The molecule has 0 spiro atoms. The van der Waals surface area contributed by atoms with E-state index >= 15 is 0 Å². The Morgan fingerprint density at radius 2 is 1.19 bits per heavy atom. The fourth-order valence-electron chi connectivity index (χ4n) is 2.02. The normalized spacial score (nSPS) is 10.4. The molecule has 0 saturated heterocycles. The van der Waals surface area contributed by atoms with Crippen molar-refractivity contribution in [2.24, 2.45) is 0 Å². The SMILES string of the molecule is Cc1cc(Sc2ccc(C(=O)O)c(C)c2)ccc1C(=O)O. The highest BCUT2D eigenvalue weighted by atomic mass is 32.2. The summed E-state index contributed by atoms with van der Waals surface area (Å²) in [6.07, 6.45) is 0. The van der Waals surface area contributed by atoms with Crippen LogP contribution in [0.1, 0.15) is 31.8 Å². The zero-order valence-corrected chi connectivity index (χ0v) is 12.4. The molecule has 0 bridgehead atoms. The number of hydrogen-bond acceptors (Lipinski definition) is 3. The maximum atomic E-state index is 11.0. The van der Waals surface area contributed by atoms with Crippen LogP contribution >= 0.6 is 11.8 Å². The molecule has 2 rings (SSSR count). The topological polar surface area (TPSA) is 74.6 Å². The van der Waals surface area contributed by atoms with Crippen LogP contribution in [-0.2, 0) is 0 Å². The molecule has 0 heterocycles. The van der Waals surface area contributed by atoms with Gasteiger partial charge in [0, 0.05) is 9.79 Å². The van der Waals surface area contributed by atoms with Crippen LogP contribution in [0.4, 0.5) is 0 Å². The van der Waals surface area contributed by atoms with Crippen molar-refractivity contribution in [3.8, 4) is 0 Å². The van der Waals surface area contributed by atoms with Gasteiger partial charge in [-0.1, -0.05) is 11.8 Å². The van der Waals surface area contributed by atoms with Crippen LogP contribution in [0.2, 0.25) is 0 Å². The van der Waals surface area contributed by atoms with Crippen LogP contribution in [0, 0.1) is 13.8 Å². The zero-order valence-electron chi connectivity index (χ0n) is 11.6. The summed E-state index contributed by atoms with van der Waals surface area (Å²) in [7, 11) is 0. The highest BCUT2D eigenvalue weighted by molar-refractivity contribution is 7.99. The second-order valence-electron chi connectivity index (χ2n) is 4.67. The van der Waals surface area contributed by atoms with Gasteiger partial charge in [-0.25, -0.2) is 9.59 Å². The number of hydrogen-bond donors (Lipinski definition) is 2. The van der Waals surface area contributed by atoms with Crippen LogP contribution in [0.25, 0.3) is 0 Å². The number of aryl methyl sites for hydroxylation is 2. The molecule has 0 radical (unpaired) electrons. The molecule has 0 amide bonds. The Bertz CT molecular complexity index is 661. The minimum absolute atomic E-state index is 0.289. The van der Waals surface area contributed by atoms with Crippen LogP contribution < -0.4 is 0 Å². The molecule has 0 aliphatic carbocycles. The molecule has 0 saturated carbocycles. The number of carboxylic acids is 2. The molecule has 0 aliphatic rings. The average molecular weight is 302 g/mol. The molecular formula is C16H14O4S. The Kier molecular flexibility index (Phi) is 4.33. The van der Waals surface area contributed by atoms with Gasteiger partial charge in [-0.3, -0.25) is 0 Å². The largest absolute Gasteiger partial charge is 0.478 e. The Morgan fingerprint density at radius 1 is 0.810 bits per heavy atom. The highest BCUT2D eigenvalue weighted by Crippen LogP contribution is 2.30. The van der Waals surface area contributed by atoms with Gasteiger partial charge >= 0.3 is 11.9 Å². The van der Waals surface area contributed by atoms with Crippen LogP contribution in [0.3, 0.4) is 0 Å². The van der Waals surface area contributed by atoms with E-state index in [4.69, 9.17) is 10.2 Å². The molecule has 21 heavy (non-hydrogen) atoms. The van der Waals surface area contributed by atoms with Gasteiger partial charge in [-0.15, -0.1) is 0 Å². The summed E-state index contributed by atoms with van der Waals surface area (Å²) < 4.78 is 0. The predicted molar refractivity (Wildman–Crippen MR) is 80.4 cm³/mol. The smallest absolute Gasteiger partial charge is 0.335 e. The monoisotopic (exact) mass is 302 g/mol. The number of carboxylic acid groups (broad SMARTS) is 2. The second-order valence-corrected chi connectivity index (χ2v) is 5.81. The zero-order chi connectivity index (χ0) is 15.6. The van der Waals surface area contributed by atoms with E-state index in [9.17, 15) is 9.59 Å². The molecule has 0 unspecified atom stereocenters. The minimum Gasteiger partial charge on any atom is -0.478 e. The molecule has 2 aromatic rings. The van der Waals surface area contributed by atoms with Crippen molar-refractivity contribution in [3.05, 3.63) is 58.7 Å². The predicted octanol–water partition coefficient (Wildman–Crippen LogP) is 3.85. The van der Waals surface area contributed by atoms with Crippen LogP contribution in [-0.4, -0.2) is 22.2 Å². The summed E-state index contributed by atoms with van der Waals surface area (Å²) in [4.78, 5) is 23.8. The van der Waals surface area contributed by atoms with E-state index in [-0.39, 0.29) is 11.1 Å². The van der Waals surface area contributed by atoms with E-state index in [1.807, 2.05) is 12.1 Å². The maximum absolute atomic E-state index is 11.0. The summed E-state index contributed by atoms with van der Waals surface area (Å²) in [5.74, 6) is -1.88. The van der Waals surface area contributed by atoms with Gasteiger partial charge in [0.15, 0.2) is 0 Å². The Hall–Kier alpha value is -2.27. The summed E-state index contributed by atoms with van der Waals surface area (Å²) in [5, 5.41) is 18.0. The van der Waals surface area contributed by atoms with Gasteiger partial charge < -0.3 is 10.2 Å². The van der Waals surface area contributed by atoms with Gasteiger partial charge in [0.05, 0.1) is 11.1 Å². The number of aromatic carboxylic acids is 2. The van der Waals surface area contributed by atoms with Gasteiger partial charge in [-0.2, -0.15) is 0 Å². The average Bonchev–Trinajstić information content (AvgIpc) is 2.37. The van der Waals surface area contributed by atoms with E-state index in [2.05, 4.69) is 0 Å². The van der Waals surface area contributed by atoms with Crippen LogP contribution in [0.15, 0.2) is 46.2 Å². The fraction of sp³-hybridized carbons (Fsp3) is 0.125. The molecule has 5 heteroatoms. The lowest BCUT2D eigenvalue weighted by Gasteiger charge is -2.07. The van der Waals surface area contributed by atoms with Crippen molar-refractivity contribution in [3.63, 3.8) is 0 Å². The third kappa shape index (κ3) is 3.44. The molecule has 0 fully saturated rings. The van der Waals surface area contributed by atoms with Crippen LogP contribution in [0.5, 0.6) is 0 Å². The molecule has 2 aromatic carbocycles. The first kappa shape index (κ1) is 15.1. The van der Waals surface area contributed by atoms with E-state index in [0.29, 0.717) is 11.1 Å². The maximum Gasteiger partial charge on any atom is 0.335 e. The lowest BCUT2D eigenvalue weighted by atomic mass is 10.1. The minimum atomic E-state index is -0.939. The summed E-state index contributed by atoms with van der Waals surface area (Å²) >= 11 is 1.47. The quantitative estimate of drug-likeness (QED) is 0.897. The first-order valence-corrected chi connectivity index (χ1v) is 7.06. The van der Waals surface area contributed by atoms with E-state index in [1.54, 1.807) is 38.1 Å². The molecule has 4 nitrogen and oxygen atoms in total. The van der Waals surface area contributed by atoms with E-state index in [0.717, 1.165) is 9.79 Å². The third-order valence-corrected chi connectivity index (χ3v) is 4.07. The molecule has 2 N–H and O–H groups in total. The van der Waals surface area contributed by atoms with Gasteiger partial charge in [0.25, 0.3) is 0 Å². The van der Waals surface area contributed by atoms with Crippen molar-refractivity contribution < 1.29 is 19.8 Å². The third-order valence-electron chi connectivity index (χ3n) is 3.09. The lowest BCUT2D eigenvalue weighted by molar-refractivity contribution is 0.0685. The molecular weight excluding hydrogens is 288 g/mol. The van der Waals surface area contributed by atoms with Gasteiger partial charge in [0.1, 0.15) is 0 Å². The number of carbonyl (C=O) groups is 2. The number of benzene rings is 2. The first-order chi connectivity index (χ1) is 9.88. The van der Waals surface area contributed by atoms with Gasteiger partial charge in [0.2, 0.25) is 0 Å². The second kappa shape index (κ2) is 6.01.